The van der Waals surface area contributed by atoms with Crippen molar-refractivity contribution < 1.29 is 9.84 Å². The number of aromatic hydroxyl groups is 1. The fraction of sp³-hybridized carbons (Fsp3) is 0.0500. The van der Waals surface area contributed by atoms with Crippen LogP contribution in [0.4, 0.5) is 11.5 Å². The van der Waals surface area contributed by atoms with Gasteiger partial charge in [0.1, 0.15) is 17.3 Å². The van der Waals surface area contributed by atoms with Gasteiger partial charge in [-0.2, -0.15) is 0 Å². The SMILES string of the molecule is COc1cccc(-c2cc3c(Nc4ccc(O)cc4)nccc3[nH]2)c1. The number of nitrogens with zero attached hydrogens (tertiary/aromatic N) is 1. The van der Waals surface area contributed by atoms with Crippen molar-refractivity contribution in [3.63, 3.8) is 0 Å². The number of aromatic nitrogens is 2. The Bertz CT molecular complexity index is 1020. The molecule has 0 saturated carbocycles. The summed E-state index contributed by atoms with van der Waals surface area (Å²) in [5.41, 5.74) is 3.90. The minimum atomic E-state index is 0.235. The number of benzene rings is 2. The highest BCUT2D eigenvalue weighted by Gasteiger charge is 2.09. The number of phenols is 1. The van der Waals surface area contributed by atoms with Crippen LogP contribution in [0.2, 0.25) is 0 Å². The van der Waals surface area contributed by atoms with Gasteiger partial charge in [-0.05, 0) is 48.5 Å². The van der Waals surface area contributed by atoms with E-state index in [2.05, 4.69) is 21.4 Å². The molecule has 0 spiro atoms. The van der Waals surface area contributed by atoms with E-state index in [0.717, 1.165) is 39.4 Å². The van der Waals surface area contributed by atoms with Crippen molar-refractivity contribution in [3.05, 3.63) is 66.9 Å². The first-order valence-corrected chi connectivity index (χ1v) is 7.91. The Balaban J connectivity index is 1.74. The number of aromatic amines is 1. The van der Waals surface area contributed by atoms with E-state index in [-0.39, 0.29) is 5.75 Å². The fourth-order valence-electron chi connectivity index (χ4n) is 2.78. The van der Waals surface area contributed by atoms with E-state index in [1.807, 2.05) is 42.5 Å². The monoisotopic (exact) mass is 331 g/mol. The molecule has 2 heterocycles. The zero-order valence-electron chi connectivity index (χ0n) is 13.7. The molecule has 2 aromatic carbocycles. The summed E-state index contributed by atoms with van der Waals surface area (Å²) < 4.78 is 5.30. The summed E-state index contributed by atoms with van der Waals surface area (Å²) in [6.07, 6.45) is 1.76. The molecule has 0 unspecified atom stereocenters. The summed E-state index contributed by atoms with van der Waals surface area (Å²) in [5.74, 6) is 1.81. The third-order valence-corrected chi connectivity index (χ3v) is 4.06. The molecule has 0 fully saturated rings. The van der Waals surface area contributed by atoms with E-state index >= 15 is 0 Å². The van der Waals surface area contributed by atoms with E-state index < -0.39 is 0 Å². The van der Waals surface area contributed by atoms with Gasteiger partial charge in [-0.15, -0.1) is 0 Å². The number of pyridine rings is 1. The Hall–Kier alpha value is -3.47. The number of hydrogen-bond donors (Lipinski definition) is 3. The smallest absolute Gasteiger partial charge is 0.139 e. The minimum absolute atomic E-state index is 0.235. The lowest BCUT2D eigenvalue weighted by Crippen LogP contribution is -1.93. The molecule has 0 radical (unpaired) electrons. The molecule has 25 heavy (non-hydrogen) atoms. The maximum absolute atomic E-state index is 9.41. The van der Waals surface area contributed by atoms with Crippen LogP contribution >= 0.6 is 0 Å². The van der Waals surface area contributed by atoms with Crippen LogP contribution in [0, 0.1) is 0 Å². The minimum Gasteiger partial charge on any atom is -0.508 e. The van der Waals surface area contributed by atoms with Crippen molar-refractivity contribution in [3.8, 4) is 22.8 Å². The van der Waals surface area contributed by atoms with Crippen LogP contribution in [-0.4, -0.2) is 22.2 Å². The molecule has 5 nitrogen and oxygen atoms in total. The number of nitrogens with one attached hydrogen (secondary N) is 2. The number of hydrogen-bond acceptors (Lipinski definition) is 4. The largest absolute Gasteiger partial charge is 0.508 e. The average Bonchev–Trinajstić information content (AvgIpc) is 3.09. The van der Waals surface area contributed by atoms with Gasteiger partial charge in [-0.3, -0.25) is 0 Å². The van der Waals surface area contributed by atoms with Crippen LogP contribution < -0.4 is 10.1 Å². The van der Waals surface area contributed by atoms with E-state index in [0.29, 0.717) is 0 Å². The Labute approximate surface area is 144 Å². The lowest BCUT2D eigenvalue weighted by atomic mass is 10.1. The quantitative estimate of drug-likeness (QED) is 0.475. The Kier molecular flexibility index (Phi) is 3.74. The van der Waals surface area contributed by atoms with Crippen molar-refractivity contribution in [2.24, 2.45) is 0 Å². The zero-order valence-corrected chi connectivity index (χ0v) is 13.7. The Morgan fingerprint density at radius 1 is 1.04 bits per heavy atom. The summed E-state index contributed by atoms with van der Waals surface area (Å²) >= 11 is 0. The molecule has 4 aromatic rings. The third kappa shape index (κ3) is 2.99. The highest BCUT2D eigenvalue weighted by Crippen LogP contribution is 2.31. The van der Waals surface area contributed by atoms with Crippen LogP contribution in [0.1, 0.15) is 0 Å². The van der Waals surface area contributed by atoms with Crippen LogP contribution in [-0.2, 0) is 0 Å². The van der Waals surface area contributed by atoms with Crippen molar-refractivity contribution in [2.45, 2.75) is 0 Å². The lowest BCUT2D eigenvalue weighted by molar-refractivity contribution is 0.415. The standard InChI is InChI=1S/C20H17N3O2/c1-25-16-4-2-3-13(11-16)19-12-17-18(23-19)9-10-21-20(17)22-14-5-7-15(24)8-6-14/h2-12,23-24H,1H3,(H,21,22). The molecular formula is C20H17N3O2. The number of fused-ring (bicyclic) bond motifs is 1. The molecule has 5 heteroatoms. The summed E-state index contributed by atoms with van der Waals surface area (Å²) in [7, 11) is 1.66. The number of phenolic OH excluding ortho intramolecular Hbond substituents is 1. The molecule has 3 N–H and O–H groups in total. The summed E-state index contributed by atoms with van der Waals surface area (Å²) in [5, 5.41) is 13.7. The number of methoxy groups -OCH3 is 1. The number of H-pyrrole nitrogens is 1. The number of anilines is 2. The fourth-order valence-corrected chi connectivity index (χ4v) is 2.78. The Morgan fingerprint density at radius 3 is 2.68 bits per heavy atom. The van der Waals surface area contributed by atoms with Gasteiger partial charge in [0.2, 0.25) is 0 Å². The number of ether oxygens (including phenoxy) is 1. The first-order valence-electron chi connectivity index (χ1n) is 7.91. The van der Waals surface area contributed by atoms with E-state index in [1.54, 1.807) is 25.4 Å². The van der Waals surface area contributed by atoms with Gasteiger partial charge in [-0.1, -0.05) is 12.1 Å². The highest BCUT2D eigenvalue weighted by molar-refractivity contribution is 5.95. The summed E-state index contributed by atoms with van der Waals surface area (Å²) in [4.78, 5) is 7.87. The highest BCUT2D eigenvalue weighted by atomic mass is 16.5. The third-order valence-electron chi connectivity index (χ3n) is 4.06. The molecule has 124 valence electrons. The molecule has 2 aromatic heterocycles. The van der Waals surface area contributed by atoms with Gasteiger partial charge >= 0.3 is 0 Å². The van der Waals surface area contributed by atoms with Crippen LogP contribution in [0.15, 0.2) is 66.9 Å². The normalized spacial score (nSPS) is 10.8. The van der Waals surface area contributed by atoms with Gasteiger partial charge in [0.05, 0.1) is 12.6 Å². The van der Waals surface area contributed by atoms with Crippen LogP contribution in [0.5, 0.6) is 11.5 Å². The second kappa shape index (κ2) is 6.20. The average molecular weight is 331 g/mol. The van der Waals surface area contributed by atoms with Crippen molar-refractivity contribution >= 4 is 22.4 Å². The zero-order chi connectivity index (χ0) is 17.2. The molecule has 0 saturated heterocycles. The van der Waals surface area contributed by atoms with Crippen molar-refractivity contribution in [2.75, 3.05) is 12.4 Å². The lowest BCUT2D eigenvalue weighted by Gasteiger charge is -2.06. The molecular weight excluding hydrogens is 314 g/mol. The second-order valence-electron chi connectivity index (χ2n) is 5.71. The van der Waals surface area contributed by atoms with Gasteiger partial charge in [0, 0.05) is 28.5 Å². The van der Waals surface area contributed by atoms with Crippen LogP contribution in [0.25, 0.3) is 22.2 Å². The topological polar surface area (TPSA) is 70.2 Å². The molecule has 0 bridgehead atoms. The molecule has 0 aliphatic heterocycles. The van der Waals surface area contributed by atoms with Gasteiger partial charge in [-0.25, -0.2) is 4.98 Å². The Morgan fingerprint density at radius 2 is 1.88 bits per heavy atom. The molecule has 0 aliphatic carbocycles. The van der Waals surface area contributed by atoms with Crippen molar-refractivity contribution in [1.29, 1.82) is 0 Å². The van der Waals surface area contributed by atoms with Gasteiger partial charge in [0.15, 0.2) is 0 Å². The molecule has 0 atom stereocenters. The van der Waals surface area contributed by atoms with Crippen molar-refractivity contribution in [1.82, 2.24) is 9.97 Å². The van der Waals surface area contributed by atoms with Gasteiger partial charge < -0.3 is 20.1 Å². The second-order valence-corrected chi connectivity index (χ2v) is 5.71. The summed E-state index contributed by atoms with van der Waals surface area (Å²) in [6, 6.07) is 18.8. The number of rotatable bonds is 4. The van der Waals surface area contributed by atoms with E-state index in [4.69, 9.17) is 4.74 Å². The molecule has 0 aliphatic rings. The molecule has 4 rings (SSSR count). The van der Waals surface area contributed by atoms with E-state index in [1.165, 1.54) is 0 Å². The van der Waals surface area contributed by atoms with E-state index in [9.17, 15) is 5.11 Å². The maximum atomic E-state index is 9.41. The maximum Gasteiger partial charge on any atom is 0.139 e. The van der Waals surface area contributed by atoms with Crippen LogP contribution in [0.3, 0.4) is 0 Å². The summed E-state index contributed by atoms with van der Waals surface area (Å²) in [6.45, 7) is 0. The molecule has 0 amide bonds. The van der Waals surface area contributed by atoms with Gasteiger partial charge in [0.25, 0.3) is 0 Å². The first kappa shape index (κ1) is 15.1. The predicted octanol–water partition coefficient (Wildman–Crippen LogP) is 4.69. The predicted molar refractivity (Wildman–Crippen MR) is 99.5 cm³/mol. The first-order chi connectivity index (χ1) is 12.2.